The fourth-order valence-electron chi connectivity index (χ4n) is 2.03. The first-order chi connectivity index (χ1) is 6.74. The van der Waals surface area contributed by atoms with E-state index in [-0.39, 0.29) is 0 Å². The van der Waals surface area contributed by atoms with Gasteiger partial charge in [-0.05, 0) is 53.2 Å². The van der Waals surface area contributed by atoms with Gasteiger partial charge in [0.05, 0.1) is 3.79 Å². The Bertz CT molecular complexity index is 332. The maximum atomic E-state index is 11.3. The van der Waals surface area contributed by atoms with Gasteiger partial charge in [0.15, 0.2) is 0 Å². The minimum Gasteiger partial charge on any atom is -0.300 e. The molecule has 1 unspecified atom stereocenters. The summed E-state index contributed by atoms with van der Waals surface area (Å²) in [6.07, 6.45) is 5.01. The van der Waals surface area contributed by atoms with Crippen LogP contribution in [0.5, 0.6) is 0 Å². The van der Waals surface area contributed by atoms with Gasteiger partial charge in [0.2, 0.25) is 0 Å². The molecule has 14 heavy (non-hydrogen) atoms. The maximum absolute atomic E-state index is 11.3. The molecule has 1 saturated carbocycles. The van der Waals surface area contributed by atoms with E-state index in [0.29, 0.717) is 11.7 Å². The molecule has 76 valence electrons. The van der Waals surface area contributed by atoms with Crippen LogP contribution in [0.25, 0.3) is 0 Å². The minimum absolute atomic E-state index is 0.455. The van der Waals surface area contributed by atoms with Crippen LogP contribution >= 0.6 is 27.3 Å². The Hall–Kier alpha value is -0.150. The predicted octanol–water partition coefficient (Wildman–Crippen LogP) is 3.81. The molecule has 0 aliphatic heterocycles. The number of rotatable bonds is 2. The zero-order valence-electron chi connectivity index (χ0n) is 7.96. The summed E-state index contributed by atoms with van der Waals surface area (Å²) in [5, 5.41) is 0. The van der Waals surface area contributed by atoms with Crippen LogP contribution in [-0.4, -0.2) is 5.78 Å². The Kier molecular flexibility index (Phi) is 3.39. The Morgan fingerprint density at radius 2 is 2.36 bits per heavy atom. The molecule has 1 fully saturated rings. The second-order valence-corrected chi connectivity index (χ2v) is 6.46. The van der Waals surface area contributed by atoms with Gasteiger partial charge in [-0.15, -0.1) is 11.3 Å². The van der Waals surface area contributed by atoms with E-state index < -0.39 is 0 Å². The van der Waals surface area contributed by atoms with Crippen LogP contribution in [0.3, 0.4) is 0 Å². The Labute approximate surface area is 96.6 Å². The number of hydrogen-bond donors (Lipinski definition) is 0. The molecule has 0 spiro atoms. The van der Waals surface area contributed by atoms with Gasteiger partial charge in [0, 0.05) is 17.7 Å². The van der Waals surface area contributed by atoms with Crippen molar-refractivity contribution in [1.29, 1.82) is 0 Å². The maximum Gasteiger partial charge on any atom is 0.133 e. The van der Waals surface area contributed by atoms with E-state index in [1.165, 1.54) is 15.1 Å². The molecule has 0 aromatic carbocycles. The fraction of sp³-hybridized carbons (Fsp3) is 0.545. The number of carbonyl (C=O) groups is 1. The molecule has 1 heterocycles. The van der Waals surface area contributed by atoms with Crippen LogP contribution in [-0.2, 0) is 11.2 Å². The molecule has 0 bridgehead atoms. The van der Waals surface area contributed by atoms with E-state index in [0.717, 1.165) is 25.7 Å². The fourth-order valence-corrected chi connectivity index (χ4v) is 3.63. The van der Waals surface area contributed by atoms with E-state index in [2.05, 4.69) is 28.1 Å². The van der Waals surface area contributed by atoms with Crippen molar-refractivity contribution in [2.45, 2.75) is 32.1 Å². The highest BCUT2D eigenvalue weighted by Gasteiger charge is 2.19. The lowest BCUT2D eigenvalue weighted by Crippen LogP contribution is -2.16. The van der Waals surface area contributed by atoms with Gasteiger partial charge in [-0.3, -0.25) is 4.79 Å². The average Bonchev–Trinajstić information content (AvgIpc) is 2.51. The monoisotopic (exact) mass is 272 g/mol. The summed E-state index contributed by atoms with van der Waals surface area (Å²) in [7, 11) is 0. The van der Waals surface area contributed by atoms with E-state index in [4.69, 9.17) is 0 Å². The Morgan fingerprint density at radius 1 is 1.50 bits per heavy atom. The number of hydrogen-bond acceptors (Lipinski definition) is 2. The lowest BCUT2D eigenvalue weighted by molar-refractivity contribution is -0.121. The summed E-state index contributed by atoms with van der Waals surface area (Å²) in [5.41, 5.74) is 0. The van der Waals surface area contributed by atoms with Crippen molar-refractivity contribution in [1.82, 2.24) is 0 Å². The second-order valence-electron chi connectivity index (χ2n) is 3.91. The van der Waals surface area contributed by atoms with Crippen molar-refractivity contribution in [3.05, 3.63) is 20.8 Å². The molecule has 0 saturated heterocycles. The smallest absolute Gasteiger partial charge is 0.133 e. The Balaban J connectivity index is 1.93. The number of thiophene rings is 1. The summed E-state index contributed by atoms with van der Waals surface area (Å²) in [6.45, 7) is 0. The summed E-state index contributed by atoms with van der Waals surface area (Å²) in [5.74, 6) is 1.05. The van der Waals surface area contributed by atoms with E-state index in [1.54, 1.807) is 11.3 Å². The highest BCUT2D eigenvalue weighted by atomic mass is 79.9. The number of ketones is 1. The second kappa shape index (κ2) is 4.58. The molecule has 3 heteroatoms. The highest BCUT2D eigenvalue weighted by molar-refractivity contribution is 9.11. The van der Waals surface area contributed by atoms with Crippen molar-refractivity contribution in [2.24, 2.45) is 5.92 Å². The van der Waals surface area contributed by atoms with E-state index in [1.807, 2.05) is 0 Å². The first-order valence-electron chi connectivity index (χ1n) is 5.00. The molecule has 1 atom stereocenters. The van der Waals surface area contributed by atoms with Gasteiger partial charge in [-0.2, -0.15) is 0 Å². The van der Waals surface area contributed by atoms with E-state index >= 15 is 0 Å². The summed E-state index contributed by atoms with van der Waals surface area (Å²) < 4.78 is 1.19. The van der Waals surface area contributed by atoms with Crippen LogP contribution in [0, 0.1) is 5.92 Å². The number of carbonyl (C=O) groups excluding carboxylic acids is 1. The quantitative estimate of drug-likeness (QED) is 0.800. The third-order valence-corrected chi connectivity index (χ3v) is 4.35. The normalized spacial score (nSPS) is 22.6. The molecule has 1 aliphatic rings. The summed E-state index contributed by atoms with van der Waals surface area (Å²) in [4.78, 5) is 12.7. The highest BCUT2D eigenvalue weighted by Crippen LogP contribution is 2.29. The molecule has 1 aliphatic carbocycles. The molecule has 0 amide bonds. The van der Waals surface area contributed by atoms with Gasteiger partial charge < -0.3 is 0 Å². The van der Waals surface area contributed by atoms with Gasteiger partial charge in [0.25, 0.3) is 0 Å². The largest absolute Gasteiger partial charge is 0.300 e. The lowest BCUT2D eigenvalue weighted by atomic mass is 9.86. The van der Waals surface area contributed by atoms with Crippen LogP contribution < -0.4 is 0 Å². The molecule has 1 aromatic heterocycles. The first-order valence-corrected chi connectivity index (χ1v) is 6.61. The molecular weight excluding hydrogens is 260 g/mol. The third-order valence-electron chi connectivity index (χ3n) is 2.70. The molecule has 0 N–H and O–H groups in total. The van der Waals surface area contributed by atoms with Gasteiger partial charge in [-0.25, -0.2) is 0 Å². The molecule has 1 aromatic rings. The van der Waals surface area contributed by atoms with Crippen molar-refractivity contribution < 1.29 is 4.79 Å². The van der Waals surface area contributed by atoms with E-state index in [9.17, 15) is 4.79 Å². The lowest BCUT2D eigenvalue weighted by Gasteiger charge is -2.19. The average molecular weight is 273 g/mol. The van der Waals surface area contributed by atoms with Crippen LogP contribution in [0.15, 0.2) is 15.9 Å². The topological polar surface area (TPSA) is 17.1 Å². The predicted molar refractivity (Wildman–Crippen MR) is 62.7 cm³/mol. The van der Waals surface area contributed by atoms with Crippen molar-refractivity contribution >= 4 is 33.0 Å². The first kappa shape index (κ1) is 10.4. The van der Waals surface area contributed by atoms with Gasteiger partial charge >= 0.3 is 0 Å². The van der Waals surface area contributed by atoms with Crippen molar-refractivity contribution in [2.75, 3.05) is 0 Å². The summed E-state index contributed by atoms with van der Waals surface area (Å²) >= 11 is 5.25. The Morgan fingerprint density at radius 3 is 3.00 bits per heavy atom. The zero-order valence-corrected chi connectivity index (χ0v) is 10.4. The summed E-state index contributed by atoms with van der Waals surface area (Å²) in [6, 6.07) is 4.25. The van der Waals surface area contributed by atoms with Crippen LogP contribution in [0.4, 0.5) is 0 Å². The van der Waals surface area contributed by atoms with Crippen molar-refractivity contribution in [3.8, 4) is 0 Å². The SMILES string of the molecule is O=C1CCCC(Cc2ccc(Br)s2)C1. The van der Waals surface area contributed by atoms with Crippen molar-refractivity contribution in [3.63, 3.8) is 0 Å². The molecule has 0 radical (unpaired) electrons. The molecular formula is C11H13BrOS. The van der Waals surface area contributed by atoms with Gasteiger partial charge in [0.1, 0.15) is 5.78 Å². The molecule has 1 nitrogen and oxygen atoms in total. The standard InChI is InChI=1S/C11H13BrOS/c12-11-5-4-10(14-11)7-8-2-1-3-9(13)6-8/h4-5,8H,1-3,6-7H2. The van der Waals surface area contributed by atoms with Crippen LogP contribution in [0.2, 0.25) is 0 Å². The third kappa shape index (κ3) is 2.67. The minimum atomic E-state index is 0.455. The zero-order chi connectivity index (χ0) is 9.97. The molecule has 2 rings (SSSR count). The number of Topliss-reactive ketones (excluding diaryl/α,β-unsaturated/α-hetero) is 1. The van der Waals surface area contributed by atoms with Gasteiger partial charge in [-0.1, -0.05) is 0 Å². The number of halogens is 1. The van der Waals surface area contributed by atoms with Crippen LogP contribution in [0.1, 0.15) is 30.6 Å².